The van der Waals surface area contributed by atoms with Gasteiger partial charge in [0.15, 0.2) is 11.6 Å². The van der Waals surface area contributed by atoms with E-state index >= 15 is 0 Å². The van der Waals surface area contributed by atoms with Crippen LogP contribution in [0.1, 0.15) is 76.2 Å². The van der Waals surface area contributed by atoms with Gasteiger partial charge in [-0.2, -0.15) is 9.97 Å². The Morgan fingerprint density at radius 3 is 1.46 bits per heavy atom. The molecule has 0 atom stereocenters. The molecule has 352 valence electrons. The number of carbonyl (C=O) groups is 3. The summed E-state index contributed by atoms with van der Waals surface area (Å²) in [6.07, 6.45) is 4.60. The SMILES string of the molecule is COc1c(Nc2ccc(CC(=O)O)nc2C)ncnc1OC1CCN(C(=O)OC(C)C)CC1.COc1c(Nc2ccc(CCO)nc2C)ncnc1OC1CCN(C(=O)OC(C)C)CC1. The number of anilines is 4. The number of carbonyl (C=O) groups excluding carboxylic acids is 2. The van der Waals surface area contributed by atoms with Gasteiger partial charge >= 0.3 is 18.2 Å². The van der Waals surface area contributed by atoms with E-state index in [1.165, 1.54) is 26.9 Å². The number of carboxylic acid groups (broad SMARTS) is 1. The normalized spacial score (nSPS) is 14.3. The molecule has 0 saturated carbocycles. The van der Waals surface area contributed by atoms with Gasteiger partial charge in [-0.1, -0.05) is 0 Å². The summed E-state index contributed by atoms with van der Waals surface area (Å²) >= 11 is 0. The van der Waals surface area contributed by atoms with Gasteiger partial charge in [-0.15, -0.1) is 0 Å². The second-order valence-electron chi connectivity index (χ2n) is 15.8. The number of aromatic nitrogens is 6. The van der Waals surface area contributed by atoms with Crippen LogP contribution >= 0.6 is 0 Å². The molecule has 21 nitrogen and oxygen atoms in total. The Morgan fingerprint density at radius 1 is 0.677 bits per heavy atom. The van der Waals surface area contributed by atoms with Crippen molar-refractivity contribution in [3.05, 3.63) is 59.7 Å². The number of likely N-dealkylation sites (tertiary alicyclic amines) is 2. The van der Waals surface area contributed by atoms with Gasteiger partial charge in [0.05, 0.1) is 61.3 Å². The molecule has 2 saturated heterocycles. The number of aryl methyl sites for hydroxylation is 2. The molecule has 4 aromatic rings. The van der Waals surface area contributed by atoms with Crippen molar-refractivity contribution in [3.8, 4) is 23.3 Å². The number of pyridine rings is 2. The van der Waals surface area contributed by atoms with E-state index in [-0.39, 0.29) is 49.6 Å². The quantitative estimate of drug-likeness (QED) is 0.104. The predicted molar refractivity (Wildman–Crippen MR) is 237 cm³/mol. The maximum Gasteiger partial charge on any atom is 0.410 e. The van der Waals surface area contributed by atoms with Crippen molar-refractivity contribution >= 4 is 41.2 Å². The Labute approximate surface area is 378 Å². The molecule has 4 N–H and O–H groups in total. The molecule has 2 aliphatic rings. The van der Waals surface area contributed by atoms with E-state index in [0.717, 1.165) is 17.1 Å². The highest BCUT2D eigenvalue weighted by Gasteiger charge is 2.29. The highest BCUT2D eigenvalue weighted by molar-refractivity contribution is 5.71. The highest BCUT2D eigenvalue weighted by Crippen LogP contribution is 2.36. The van der Waals surface area contributed by atoms with Gasteiger partial charge in [0.2, 0.25) is 11.5 Å². The van der Waals surface area contributed by atoms with Gasteiger partial charge in [-0.3, -0.25) is 14.8 Å². The van der Waals surface area contributed by atoms with Crippen LogP contribution in [0.4, 0.5) is 32.6 Å². The van der Waals surface area contributed by atoms with Gasteiger partial charge in [-0.05, 0) is 65.8 Å². The van der Waals surface area contributed by atoms with Crippen molar-refractivity contribution < 1.29 is 53.0 Å². The maximum absolute atomic E-state index is 12.1. The van der Waals surface area contributed by atoms with E-state index < -0.39 is 5.97 Å². The number of aliphatic carboxylic acids is 1. The molecule has 4 aromatic heterocycles. The Hall–Kier alpha value is -6.77. The van der Waals surface area contributed by atoms with Crippen LogP contribution < -0.4 is 29.6 Å². The van der Waals surface area contributed by atoms with Crippen LogP contribution in [0.15, 0.2) is 36.9 Å². The van der Waals surface area contributed by atoms with E-state index in [2.05, 4.69) is 40.5 Å². The van der Waals surface area contributed by atoms with Crippen molar-refractivity contribution in [1.29, 1.82) is 0 Å². The number of aliphatic hydroxyl groups excluding tert-OH is 1. The van der Waals surface area contributed by atoms with Crippen LogP contribution in [0.5, 0.6) is 23.3 Å². The molecule has 6 heterocycles. The van der Waals surface area contributed by atoms with Crippen LogP contribution in [0, 0.1) is 13.8 Å². The second-order valence-corrected chi connectivity index (χ2v) is 15.8. The van der Waals surface area contributed by atoms with Gasteiger partial charge in [0.1, 0.15) is 24.9 Å². The first-order chi connectivity index (χ1) is 31.2. The molecule has 0 spiro atoms. The predicted octanol–water partition coefficient (Wildman–Crippen LogP) is 5.80. The number of nitrogens with zero attached hydrogens (tertiary/aromatic N) is 8. The summed E-state index contributed by atoms with van der Waals surface area (Å²) in [5.74, 6) is 1.30. The van der Waals surface area contributed by atoms with Crippen molar-refractivity contribution in [2.75, 3.05) is 57.6 Å². The molecule has 0 aliphatic carbocycles. The van der Waals surface area contributed by atoms with E-state index in [0.29, 0.717) is 110 Å². The molecular formula is C44H60N10O11. The standard InChI is InChI=1S/C22H29N5O6.C22H31N5O5/c1-13(2)32-22(30)27-9-7-16(8-10-27)33-21-19(31-4)20(23-12-24-21)26-17-6-5-15(11-18(28)29)25-14(17)3;1-14(2)31-22(29)27-10-7-17(8-11-27)32-21-19(30-4)20(23-13-24-21)26-18-6-5-16(9-12-28)25-15(18)3/h5-6,12-13,16H,7-11H2,1-4H3,(H,28,29)(H,23,24,26);5-6,13-14,17,28H,7-12H2,1-4H3,(H,23,24,26). The first-order valence-electron chi connectivity index (χ1n) is 21.5. The molecule has 2 fully saturated rings. The van der Waals surface area contributed by atoms with Crippen LogP contribution in [0.2, 0.25) is 0 Å². The lowest BCUT2D eigenvalue weighted by Crippen LogP contribution is -2.42. The summed E-state index contributed by atoms with van der Waals surface area (Å²) < 4.78 is 33.8. The summed E-state index contributed by atoms with van der Waals surface area (Å²) in [7, 11) is 3.04. The summed E-state index contributed by atoms with van der Waals surface area (Å²) in [4.78, 5) is 64.3. The zero-order valence-corrected chi connectivity index (χ0v) is 38.2. The number of piperidine rings is 2. The Balaban J connectivity index is 0.000000244. The second kappa shape index (κ2) is 23.8. The fourth-order valence-electron chi connectivity index (χ4n) is 6.86. The zero-order valence-electron chi connectivity index (χ0n) is 38.2. The molecule has 0 unspecified atom stereocenters. The van der Waals surface area contributed by atoms with Crippen LogP contribution in [0.3, 0.4) is 0 Å². The van der Waals surface area contributed by atoms with Crippen LogP contribution in [-0.2, 0) is 27.1 Å². The minimum atomic E-state index is -0.940. The van der Waals surface area contributed by atoms with Gasteiger partial charge in [0.25, 0.3) is 11.8 Å². The van der Waals surface area contributed by atoms with Gasteiger partial charge in [-0.25, -0.2) is 19.6 Å². The minimum absolute atomic E-state index is 0.0531. The number of hydrogen-bond donors (Lipinski definition) is 4. The molecule has 0 aromatic carbocycles. The molecule has 0 bridgehead atoms. The molecule has 21 heteroatoms. The zero-order chi connectivity index (χ0) is 47.0. The van der Waals surface area contributed by atoms with E-state index in [4.69, 9.17) is 38.6 Å². The Morgan fingerprint density at radius 2 is 1.09 bits per heavy atom. The Kier molecular flexibility index (Phi) is 18.0. The van der Waals surface area contributed by atoms with Crippen molar-refractivity contribution in [3.63, 3.8) is 0 Å². The van der Waals surface area contributed by atoms with E-state index in [9.17, 15) is 14.4 Å². The third-order valence-corrected chi connectivity index (χ3v) is 10.1. The molecule has 0 radical (unpaired) electrons. The summed E-state index contributed by atoms with van der Waals surface area (Å²) in [5, 5.41) is 24.4. The summed E-state index contributed by atoms with van der Waals surface area (Å²) in [6, 6.07) is 7.14. The van der Waals surface area contributed by atoms with Crippen LogP contribution in [0.25, 0.3) is 0 Å². The first-order valence-corrected chi connectivity index (χ1v) is 21.5. The van der Waals surface area contributed by atoms with Gasteiger partial charge in [0, 0.05) is 70.6 Å². The van der Waals surface area contributed by atoms with Gasteiger partial charge < -0.3 is 59.1 Å². The molecule has 2 aliphatic heterocycles. The van der Waals surface area contributed by atoms with E-state index in [1.807, 2.05) is 46.8 Å². The fraction of sp³-hybridized carbons (Fsp3) is 0.523. The molecular weight excluding hydrogens is 845 g/mol. The number of nitrogens with one attached hydrogen (secondary N) is 2. The average molecular weight is 905 g/mol. The summed E-state index contributed by atoms with van der Waals surface area (Å²) in [6.45, 7) is 13.2. The third kappa shape index (κ3) is 14.4. The largest absolute Gasteiger partial charge is 0.489 e. The van der Waals surface area contributed by atoms with E-state index in [1.54, 1.807) is 28.9 Å². The lowest BCUT2D eigenvalue weighted by Gasteiger charge is -2.32. The maximum atomic E-state index is 12.1. The number of carboxylic acids is 1. The Bertz CT molecular complexity index is 2210. The first kappa shape index (κ1) is 49.2. The molecule has 2 amide bonds. The topological polar surface area (TPSA) is 255 Å². The number of amides is 2. The minimum Gasteiger partial charge on any atom is -0.489 e. The van der Waals surface area contributed by atoms with Crippen molar-refractivity contribution in [1.82, 2.24) is 39.7 Å². The number of methoxy groups -OCH3 is 2. The monoisotopic (exact) mass is 904 g/mol. The third-order valence-electron chi connectivity index (χ3n) is 10.1. The average Bonchev–Trinajstić information content (AvgIpc) is 3.26. The molecule has 65 heavy (non-hydrogen) atoms. The number of ether oxygens (including phenoxy) is 6. The van der Waals surface area contributed by atoms with Crippen molar-refractivity contribution in [2.24, 2.45) is 0 Å². The molecule has 6 rings (SSSR count). The summed E-state index contributed by atoms with van der Waals surface area (Å²) in [5.41, 5.74) is 4.11. The number of rotatable bonds is 16. The number of aliphatic hydroxyl groups is 1. The lowest BCUT2D eigenvalue weighted by molar-refractivity contribution is -0.136. The van der Waals surface area contributed by atoms with Crippen LogP contribution in [-0.4, -0.2) is 139 Å². The van der Waals surface area contributed by atoms with Crippen molar-refractivity contribution in [2.45, 2.75) is 104 Å². The highest BCUT2D eigenvalue weighted by atomic mass is 16.6. The number of hydrogen-bond acceptors (Lipinski definition) is 18. The fourth-order valence-corrected chi connectivity index (χ4v) is 6.86. The smallest absolute Gasteiger partial charge is 0.410 e. The lowest BCUT2D eigenvalue weighted by atomic mass is 10.1.